The predicted molar refractivity (Wildman–Crippen MR) is 105 cm³/mol. The second-order valence-electron chi connectivity index (χ2n) is 7.01. The summed E-state index contributed by atoms with van der Waals surface area (Å²) >= 11 is 0. The van der Waals surface area contributed by atoms with E-state index in [1.807, 2.05) is 29.3 Å². The van der Waals surface area contributed by atoms with Crippen LogP contribution in [0.15, 0.2) is 78.9 Å². The van der Waals surface area contributed by atoms with E-state index in [0.29, 0.717) is 0 Å². The van der Waals surface area contributed by atoms with Crippen LogP contribution in [0.2, 0.25) is 0 Å². The summed E-state index contributed by atoms with van der Waals surface area (Å²) in [5, 5.41) is 1.95. The molecule has 0 fully saturated rings. The SMILES string of the molecule is Fc1ccc(C2=C[C@@H]3c4ccccc4O[C@@H](c4ccc(OC(F)F)cc4)N3N2)cc1. The average Bonchev–Trinajstić information content (AvgIpc) is 3.20. The van der Waals surface area contributed by atoms with E-state index < -0.39 is 12.8 Å². The number of rotatable bonds is 4. The van der Waals surface area contributed by atoms with Gasteiger partial charge >= 0.3 is 6.61 Å². The van der Waals surface area contributed by atoms with Gasteiger partial charge < -0.3 is 14.9 Å². The van der Waals surface area contributed by atoms with Crippen LogP contribution in [-0.4, -0.2) is 11.6 Å². The lowest BCUT2D eigenvalue weighted by atomic mass is 10.0. The number of hydrazine groups is 1. The van der Waals surface area contributed by atoms with Gasteiger partial charge in [0.2, 0.25) is 0 Å². The van der Waals surface area contributed by atoms with E-state index in [-0.39, 0.29) is 17.6 Å². The number of hydrogen-bond acceptors (Lipinski definition) is 4. The molecule has 1 N–H and O–H groups in total. The Morgan fingerprint density at radius 1 is 0.933 bits per heavy atom. The van der Waals surface area contributed by atoms with Gasteiger partial charge in [0.05, 0.1) is 11.7 Å². The Balaban J connectivity index is 1.50. The molecule has 0 unspecified atom stereocenters. The lowest BCUT2D eigenvalue weighted by Crippen LogP contribution is -2.43. The minimum Gasteiger partial charge on any atom is -0.469 e. The Hall–Kier alpha value is -3.45. The summed E-state index contributed by atoms with van der Waals surface area (Å²) in [6, 6.07) is 20.3. The Kier molecular flexibility index (Phi) is 4.59. The number of para-hydroxylation sites is 1. The molecular weight excluding hydrogens is 393 g/mol. The first-order valence-corrected chi connectivity index (χ1v) is 9.41. The zero-order chi connectivity index (χ0) is 20.7. The number of nitrogens with one attached hydrogen (secondary N) is 1. The van der Waals surface area contributed by atoms with Gasteiger partial charge in [-0.15, -0.1) is 0 Å². The number of halogens is 3. The molecule has 30 heavy (non-hydrogen) atoms. The summed E-state index contributed by atoms with van der Waals surface area (Å²) < 4.78 is 48.9. The fraction of sp³-hybridized carbons (Fsp3) is 0.130. The molecule has 2 aliphatic heterocycles. The zero-order valence-corrected chi connectivity index (χ0v) is 15.6. The van der Waals surface area contributed by atoms with Crippen LogP contribution in [0.25, 0.3) is 5.70 Å². The predicted octanol–water partition coefficient (Wildman–Crippen LogP) is 5.42. The van der Waals surface area contributed by atoms with Crippen molar-refractivity contribution in [3.05, 3.63) is 101 Å². The molecule has 2 heterocycles. The minimum atomic E-state index is -2.87. The van der Waals surface area contributed by atoms with Gasteiger partial charge in [0, 0.05) is 11.1 Å². The van der Waals surface area contributed by atoms with E-state index in [4.69, 9.17) is 4.74 Å². The number of nitrogens with zero attached hydrogens (tertiary/aromatic N) is 1. The quantitative estimate of drug-likeness (QED) is 0.623. The smallest absolute Gasteiger partial charge is 0.387 e. The number of alkyl halides is 2. The molecule has 0 aromatic heterocycles. The molecule has 152 valence electrons. The maximum Gasteiger partial charge on any atom is 0.387 e. The monoisotopic (exact) mass is 410 g/mol. The molecule has 0 radical (unpaired) electrons. The van der Waals surface area contributed by atoms with Gasteiger partial charge in [0.25, 0.3) is 0 Å². The van der Waals surface area contributed by atoms with Crippen molar-refractivity contribution >= 4 is 5.70 Å². The highest BCUT2D eigenvalue weighted by Crippen LogP contribution is 2.45. The third-order valence-electron chi connectivity index (χ3n) is 5.15. The fourth-order valence-corrected chi connectivity index (χ4v) is 3.77. The Bertz CT molecular complexity index is 1080. The van der Waals surface area contributed by atoms with Crippen LogP contribution in [0.1, 0.15) is 29.0 Å². The molecule has 0 spiro atoms. The van der Waals surface area contributed by atoms with E-state index in [1.165, 1.54) is 24.3 Å². The largest absolute Gasteiger partial charge is 0.469 e. The Morgan fingerprint density at radius 2 is 1.67 bits per heavy atom. The van der Waals surface area contributed by atoms with E-state index in [9.17, 15) is 13.2 Å². The first-order valence-electron chi connectivity index (χ1n) is 9.41. The third-order valence-corrected chi connectivity index (χ3v) is 5.15. The van der Waals surface area contributed by atoms with Crippen LogP contribution in [0.3, 0.4) is 0 Å². The maximum absolute atomic E-state index is 13.3. The highest BCUT2D eigenvalue weighted by Gasteiger charge is 2.40. The van der Waals surface area contributed by atoms with Crippen molar-refractivity contribution in [3.63, 3.8) is 0 Å². The van der Waals surface area contributed by atoms with Gasteiger partial charge in [-0.25, -0.2) is 4.39 Å². The lowest BCUT2D eigenvalue weighted by molar-refractivity contribution is -0.0501. The second-order valence-corrected chi connectivity index (χ2v) is 7.01. The standard InChI is InChI=1S/C23H17F3N2O2/c24-16-9-5-14(6-10-16)19-13-20-18-3-1-2-4-21(18)30-22(28(20)27-19)15-7-11-17(12-8-15)29-23(25)26/h1-13,20,22-23,27H/t20-,22+/m1/s1. The van der Waals surface area contributed by atoms with Crippen molar-refractivity contribution < 1.29 is 22.6 Å². The molecular formula is C23H17F3N2O2. The van der Waals surface area contributed by atoms with Crippen LogP contribution < -0.4 is 14.9 Å². The van der Waals surface area contributed by atoms with Crippen molar-refractivity contribution in [2.75, 3.05) is 0 Å². The van der Waals surface area contributed by atoms with Gasteiger partial charge in [-0.3, -0.25) is 0 Å². The van der Waals surface area contributed by atoms with Gasteiger partial charge in [0.15, 0.2) is 6.23 Å². The van der Waals surface area contributed by atoms with E-state index in [2.05, 4.69) is 16.2 Å². The topological polar surface area (TPSA) is 33.7 Å². The Morgan fingerprint density at radius 3 is 2.40 bits per heavy atom. The summed E-state index contributed by atoms with van der Waals surface area (Å²) in [5.74, 6) is 0.531. The maximum atomic E-state index is 13.3. The van der Waals surface area contributed by atoms with Crippen LogP contribution in [0.5, 0.6) is 11.5 Å². The van der Waals surface area contributed by atoms with Crippen LogP contribution in [0, 0.1) is 5.82 Å². The minimum absolute atomic E-state index is 0.0843. The highest BCUT2D eigenvalue weighted by molar-refractivity contribution is 5.67. The molecule has 3 aromatic rings. The van der Waals surface area contributed by atoms with Crippen LogP contribution >= 0.6 is 0 Å². The van der Waals surface area contributed by atoms with E-state index >= 15 is 0 Å². The van der Waals surface area contributed by atoms with Crippen molar-refractivity contribution in [1.29, 1.82) is 0 Å². The molecule has 0 bridgehead atoms. The zero-order valence-electron chi connectivity index (χ0n) is 15.6. The number of fused-ring (bicyclic) bond motifs is 3. The van der Waals surface area contributed by atoms with Gasteiger partial charge in [0.1, 0.15) is 17.3 Å². The van der Waals surface area contributed by atoms with Crippen molar-refractivity contribution in [1.82, 2.24) is 10.4 Å². The lowest BCUT2D eigenvalue weighted by Gasteiger charge is -2.39. The van der Waals surface area contributed by atoms with Crippen molar-refractivity contribution in [2.24, 2.45) is 0 Å². The summed E-state index contributed by atoms with van der Waals surface area (Å²) in [5.41, 5.74) is 6.82. The first-order chi connectivity index (χ1) is 14.6. The first kappa shape index (κ1) is 18.6. The summed E-state index contributed by atoms with van der Waals surface area (Å²) in [7, 11) is 0. The number of hydrogen-bond donors (Lipinski definition) is 1. The average molecular weight is 410 g/mol. The molecule has 0 saturated carbocycles. The number of benzene rings is 3. The van der Waals surface area contributed by atoms with E-state index in [1.54, 1.807) is 24.3 Å². The van der Waals surface area contributed by atoms with Gasteiger partial charge in [-0.2, -0.15) is 13.8 Å². The summed E-state index contributed by atoms with van der Waals surface area (Å²) in [4.78, 5) is 0. The van der Waals surface area contributed by atoms with Crippen LogP contribution in [-0.2, 0) is 0 Å². The third kappa shape index (κ3) is 3.37. The fourth-order valence-electron chi connectivity index (χ4n) is 3.77. The number of ether oxygens (including phenoxy) is 2. The Labute approximate surface area is 171 Å². The molecule has 7 heteroatoms. The van der Waals surface area contributed by atoms with Crippen LogP contribution in [0.4, 0.5) is 13.2 Å². The van der Waals surface area contributed by atoms with Gasteiger partial charge in [-0.1, -0.05) is 30.3 Å². The van der Waals surface area contributed by atoms with Crippen molar-refractivity contribution in [3.8, 4) is 11.5 Å². The van der Waals surface area contributed by atoms with Gasteiger partial charge in [-0.05, 0) is 54.1 Å². The molecule has 0 aliphatic carbocycles. The second kappa shape index (κ2) is 7.42. The molecule has 0 amide bonds. The molecule has 0 saturated heterocycles. The molecule has 2 atom stereocenters. The molecule has 3 aromatic carbocycles. The normalized spacial score (nSPS) is 20.1. The summed E-state index contributed by atoms with van der Waals surface area (Å²) in [6.45, 7) is -2.87. The van der Waals surface area contributed by atoms with Crippen molar-refractivity contribution in [2.45, 2.75) is 18.9 Å². The highest BCUT2D eigenvalue weighted by atomic mass is 19.3. The summed E-state index contributed by atoms with van der Waals surface area (Å²) in [6.07, 6.45) is 1.57. The molecule has 2 aliphatic rings. The molecule has 5 rings (SSSR count). The molecule has 4 nitrogen and oxygen atoms in total. The van der Waals surface area contributed by atoms with E-state index in [0.717, 1.165) is 28.1 Å².